The SMILES string of the molecule is CCCCNc1nnc(SCCCn2c(=O)[nH]c3ccccc32)s1. The van der Waals surface area contributed by atoms with Gasteiger partial charge in [-0.25, -0.2) is 4.79 Å². The van der Waals surface area contributed by atoms with Gasteiger partial charge in [0, 0.05) is 18.8 Å². The zero-order chi connectivity index (χ0) is 16.8. The number of fused-ring (bicyclic) bond motifs is 1. The number of H-pyrrole nitrogens is 1. The summed E-state index contributed by atoms with van der Waals surface area (Å²) in [7, 11) is 0. The van der Waals surface area contributed by atoms with Gasteiger partial charge in [-0.1, -0.05) is 48.6 Å². The number of rotatable bonds is 9. The van der Waals surface area contributed by atoms with Crippen molar-refractivity contribution < 1.29 is 0 Å². The smallest absolute Gasteiger partial charge is 0.326 e. The van der Waals surface area contributed by atoms with Crippen LogP contribution in [0.2, 0.25) is 0 Å². The highest BCUT2D eigenvalue weighted by Crippen LogP contribution is 2.26. The van der Waals surface area contributed by atoms with Gasteiger partial charge in [0.1, 0.15) is 0 Å². The fourth-order valence-electron chi connectivity index (χ4n) is 2.42. The van der Waals surface area contributed by atoms with Gasteiger partial charge >= 0.3 is 5.69 Å². The quantitative estimate of drug-likeness (QED) is 0.449. The van der Waals surface area contributed by atoms with Crippen molar-refractivity contribution in [3.8, 4) is 0 Å². The molecule has 0 fully saturated rings. The second kappa shape index (κ2) is 8.34. The number of nitrogens with zero attached hydrogens (tertiary/aromatic N) is 3. The minimum atomic E-state index is -0.0421. The summed E-state index contributed by atoms with van der Waals surface area (Å²) in [6, 6.07) is 7.78. The number of aromatic amines is 1. The van der Waals surface area contributed by atoms with Crippen molar-refractivity contribution in [3.05, 3.63) is 34.7 Å². The van der Waals surface area contributed by atoms with Crippen molar-refractivity contribution in [2.75, 3.05) is 17.6 Å². The van der Waals surface area contributed by atoms with E-state index in [1.807, 2.05) is 24.3 Å². The summed E-state index contributed by atoms with van der Waals surface area (Å²) in [5.74, 6) is 0.912. The van der Waals surface area contributed by atoms with E-state index in [-0.39, 0.29) is 5.69 Å². The van der Waals surface area contributed by atoms with Crippen LogP contribution in [0.4, 0.5) is 5.13 Å². The Balaban J connectivity index is 1.48. The summed E-state index contributed by atoms with van der Waals surface area (Å²) in [6.45, 7) is 3.82. The molecule has 0 aliphatic rings. The Bertz CT molecular complexity index is 838. The van der Waals surface area contributed by atoms with Gasteiger partial charge in [0.15, 0.2) is 4.34 Å². The summed E-state index contributed by atoms with van der Waals surface area (Å²) in [6.07, 6.45) is 3.21. The van der Waals surface area contributed by atoms with E-state index in [1.165, 1.54) is 6.42 Å². The normalized spacial score (nSPS) is 11.2. The highest BCUT2D eigenvalue weighted by Gasteiger charge is 2.07. The Morgan fingerprint density at radius 3 is 3.04 bits per heavy atom. The molecule has 0 aliphatic heterocycles. The van der Waals surface area contributed by atoms with Crippen LogP contribution in [-0.2, 0) is 6.54 Å². The summed E-state index contributed by atoms with van der Waals surface area (Å²) in [5.41, 5.74) is 1.81. The lowest BCUT2D eigenvalue weighted by molar-refractivity contribution is 0.679. The van der Waals surface area contributed by atoms with Crippen molar-refractivity contribution in [1.29, 1.82) is 0 Å². The third-order valence-electron chi connectivity index (χ3n) is 3.65. The van der Waals surface area contributed by atoms with Crippen LogP contribution in [0.3, 0.4) is 0 Å². The molecule has 0 saturated carbocycles. The van der Waals surface area contributed by atoms with Gasteiger partial charge in [0.05, 0.1) is 11.0 Å². The molecule has 1 aromatic carbocycles. The largest absolute Gasteiger partial charge is 0.360 e. The highest BCUT2D eigenvalue weighted by molar-refractivity contribution is 8.01. The van der Waals surface area contributed by atoms with Crippen LogP contribution in [0, 0.1) is 0 Å². The molecule has 2 aromatic heterocycles. The molecule has 0 aliphatic carbocycles. The van der Waals surface area contributed by atoms with Gasteiger partial charge in [-0.3, -0.25) is 4.57 Å². The average Bonchev–Trinajstić information content (AvgIpc) is 3.16. The summed E-state index contributed by atoms with van der Waals surface area (Å²) >= 11 is 3.28. The maximum atomic E-state index is 12.0. The molecule has 0 saturated heterocycles. The topological polar surface area (TPSA) is 75.6 Å². The molecule has 2 N–H and O–H groups in total. The maximum Gasteiger partial charge on any atom is 0.326 e. The Labute approximate surface area is 148 Å². The number of para-hydroxylation sites is 2. The van der Waals surface area contributed by atoms with E-state index in [0.29, 0.717) is 6.54 Å². The van der Waals surface area contributed by atoms with Crippen LogP contribution >= 0.6 is 23.1 Å². The van der Waals surface area contributed by atoms with Crippen LogP contribution in [0.25, 0.3) is 11.0 Å². The molecule has 0 amide bonds. The molecular formula is C16H21N5OS2. The van der Waals surface area contributed by atoms with Crippen LogP contribution in [0.1, 0.15) is 26.2 Å². The molecule has 0 spiro atoms. The average molecular weight is 364 g/mol. The third-order valence-corrected chi connectivity index (χ3v) is 5.75. The monoisotopic (exact) mass is 363 g/mol. The first-order valence-corrected chi connectivity index (χ1v) is 9.96. The van der Waals surface area contributed by atoms with Gasteiger partial charge in [0.2, 0.25) is 5.13 Å². The lowest BCUT2D eigenvalue weighted by atomic mass is 10.3. The fourth-order valence-corrected chi connectivity index (χ4v) is 4.19. The van der Waals surface area contributed by atoms with Gasteiger partial charge in [-0.05, 0) is 25.0 Å². The van der Waals surface area contributed by atoms with E-state index < -0.39 is 0 Å². The minimum absolute atomic E-state index is 0.0421. The lowest BCUT2D eigenvalue weighted by Crippen LogP contribution is -2.17. The van der Waals surface area contributed by atoms with Crippen molar-refractivity contribution in [2.24, 2.45) is 0 Å². The molecule has 0 unspecified atom stereocenters. The predicted molar refractivity (Wildman–Crippen MR) is 101 cm³/mol. The van der Waals surface area contributed by atoms with Gasteiger partial charge in [0.25, 0.3) is 0 Å². The van der Waals surface area contributed by atoms with Crippen molar-refractivity contribution >= 4 is 39.3 Å². The second-order valence-electron chi connectivity index (χ2n) is 5.45. The molecule has 0 atom stereocenters. The minimum Gasteiger partial charge on any atom is -0.360 e. The maximum absolute atomic E-state index is 12.0. The molecule has 8 heteroatoms. The van der Waals surface area contributed by atoms with Gasteiger partial charge in [-0.2, -0.15) is 0 Å². The summed E-state index contributed by atoms with van der Waals surface area (Å²) in [4.78, 5) is 14.9. The van der Waals surface area contributed by atoms with E-state index in [0.717, 1.165) is 45.6 Å². The molecular weight excluding hydrogens is 342 g/mol. The highest BCUT2D eigenvalue weighted by atomic mass is 32.2. The molecule has 6 nitrogen and oxygen atoms in total. The number of aryl methyl sites for hydroxylation is 1. The predicted octanol–water partition coefficient (Wildman–Crippen LogP) is 3.58. The third kappa shape index (κ3) is 4.18. The summed E-state index contributed by atoms with van der Waals surface area (Å²) < 4.78 is 2.77. The first kappa shape index (κ1) is 17.0. The number of thioether (sulfide) groups is 1. The Kier molecular flexibility index (Phi) is 5.92. The second-order valence-corrected chi connectivity index (χ2v) is 7.77. The van der Waals surface area contributed by atoms with Crippen molar-refractivity contribution in [3.63, 3.8) is 0 Å². The molecule has 0 radical (unpaired) electrons. The number of nitrogens with one attached hydrogen (secondary N) is 2. The van der Waals surface area contributed by atoms with E-state index >= 15 is 0 Å². The number of unbranched alkanes of at least 4 members (excludes halogenated alkanes) is 1. The molecule has 24 heavy (non-hydrogen) atoms. The van der Waals surface area contributed by atoms with E-state index in [2.05, 4.69) is 27.4 Å². The van der Waals surface area contributed by atoms with Gasteiger partial charge in [-0.15, -0.1) is 10.2 Å². The van der Waals surface area contributed by atoms with Crippen LogP contribution < -0.4 is 11.0 Å². The number of aromatic nitrogens is 4. The fraction of sp³-hybridized carbons (Fsp3) is 0.438. The van der Waals surface area contributed by atoms with Crippen LogP contribution in [0.5, 0.6) is 0 Å². The lowest BCUT2D eigenvalue weighted by Gasteiger charge is -2.02. The van der Waals surface area contributed by atoms with E-state index in [1.54, 1.807) is 27.7 Å². The number of imidazole rings is 1. The van der Waals surface area contributed by atoms with Crippen LogP contribution in [0.15, 0.2) is 33.4 Å². The van der Waals surface area contributed by atoms with Gasteiger partial charge < -0.3 is 10.3 Å². The zero-order valence-corrected chi connectivity index (χ0v) is 15.3. The molecule has 3 aromatic rings. The molecule has 128 valence electrons. The summed E-state index contributed by atoms with van der Waals surface area (Å²) in [5, 5.41) is 12.5. The Morgan fingerprint density at radius 2 is 2.17 bits per heavy atom. The van der Waals surface area contributed by atoms with E-state index in [4.69, 9.17) is 0 Å². The number of hydrogen-bond acceptors (Lipinski definition) is 6. The number of benzene rings is 1. The Morgan fingerprint density at radius 1 is 1.29 bits per heavy atom. The number of anilines is 1. The first-order valence-electron chi connectivity index (χ1n) is 8.15. The first-order chi connectivity index (χ1) is 11.8. The standard InChI is InChI=1S/C16H21N5OS2/c1-2-3-9-17-14-19-20-16(24-14)23-11-6-10-21-13-8-5-4-7-12(13)18-15(21)22/h4-5,7-8H,2-3,6,9-11H2,1H3,(H,17,19)(H,18,22). The zero-order valence-electron chi connectivity index (χ0n) is 13.6. The van der Waals surface area contributed by atoms with E-state index in [9.17, 15) is 4.79 Å². The molecule has 3 rings (SSSR count). The number of hydrogen-bond donors (Lipinski definition) is 2. The molecule has 2 heterocycles. The molecule has 0 bridgehead atoms. The Hall–Kier alpha value is -1.80. The van der Waals surface area contributed by atoms with Crippen molar-refractivity contribution in [2.45, 2.75) is 37.1 Å². The van der Waals surface area contributed by atoms with Crippen molar-refractivity contribution in [1.82, 2.24) is 19.7 Å². The van der Waals surface area contributed by atoms with Crippen LogP contribution in [-0.4, -0.2) is 32.0 Å².